The number of aliphatic hydroxyl groups excluding tert-OH is 1. The molecule has 4 heteroatoms. The number of nitriles is 1. The molecule has 2 nitrogen and oxygen atoms in total. The van der Waals surface area contributed by atoms with Crippen LogP contribution in [0.4, 0.5) is 0 Å². The maximum Gasteiger partial charge on any atom is 0.0734 e. The predicted octanol–water partition coefficient (Wildman–Crippen LogP) is 2.67. The zero-order valence-corrected chi connectivity index (χ0v) is 8.89. The summed E-state index contributed by atoms with van der Waals surface area (Å²) in [5.41, 5.74) is 0.903. The molecule has 1 aromatic rings. The van der Waals surface area contributed by atoms with Gasteiger partial charge >= 0.3 is 0 Å². The Kier molecular flexibility index (Phi) is 4.21. The lowest BCUT2D eigenvalue weighted by molar-refractivity contribution is 0.255. The van der Waals surface area contributed by atoms with Gasteiger partial charge in [-0.1, -0.05) is 29.3 Å². The van der Waals surface area contributed by atoms with Crippen molar-refractivity contribution in [2.45, 2.75) is 6.42 Å². The highest BCUT2D eigenvalue weighted by molar-refractivity contribution is 6.42. The van der Waals surface area contributed by atoms with Crippen molar-refractivity contribution in [3.05, 3.63) is 33.8 Å². The van der Waals surface area contributed by atoms with Crippen molar-refractivity contribution in [3.63, 3.8) is 0 Å². The quantitative estimate of drug-likeness (QED) is 0.867. The van der Waals surface area contributed by atoms with Crippen LogP contribution in [0.3, 0.4) is 0 Å². The molecule has 0 fully saturated rings. The van der Waals surface area contributed by atoms with Gasteiger partial charge in [-0.05, 0) is 24.1 Å². The Balaban J connectivity index is 2.78. The van der Waals surface area contributed by atoms with Crippen molar-refractivity contribution < 1.29 is 5.11 Å². The Labute approximate surface area is 92.7 Å². The van der Waals surface area contributed by atoms with Gasteiger partial charge in [-0.25, -0.2) is 0 Å². The Bertz CT molecular complexity index is 360. The number of nitrogens with zero attached hydrogens (tertiary/aromatic N) is 1. The maximum absolute atomic E-state index is 8.83. The Hall–Kier alpha value is -0.750. The van der Waals surface area contributed by atoms with Gasteiger partial charge < -0.3 is 5.11 Å². The van der Waals surface area contributed by atoms with Crippen molar-refractivity contribution in [3.8, 4) is 6.07 Å². The van der Waals surface area contributed by atoms with E-state index in [2.05, 4.69) is 0 Å². The van der Waals surface area contributed by atoms with Crippen LogP contribution in [0, 0.1) is 17.2 Å². The number of halogens is 2. The highest BCUT2D eigenvalue weighted by Crippen LogP contribution is 2.23. The first-order valence-electron chi connectivity index (χ1n) is 4.11. The molecule has 0 aliphatic rings. The standard InChI is InChI=1S/C10H9Cl2NO/c11-9-2-1-7(4-10(9)12)3-8(5-13)6-14/h1-2,4,8,14H,3,6H2/t8-/m1/s1. The SMILES string of the molecule is N#C[C@H](CO)Cc1ccc(Cl)c(Cl)c1. The van der Waals surface area contributed by atoms with Gasteiger partial charge in [0.25, 0.3) is 0 Å². The third kappa shape index (κ3) is 2.88. The lowest BCUT2D eigenvalue weighted by Crippen LogP contribution is -2.06. The van der Waals surface area contributed by atoms with Crippen LogP contribution >= 0.6 is 23.2 Å². The van der Waals surface area contributed by atoms with Gasteiger partial charge in [0.1, 0.15) is 0 Å². The van der Waals surface area contributed by atoms with E-state index in [0.29, 0.717) is 16.5 Å². The molecule has 0 saturated carbocycles. The smallest absolute Gasteiger partial charge is 0.0734 e. The third-order valence-corrected chi connectivity index (χ3v) is 2.61. The van der Waals surface area contributed by atoms with Gasteiger partial charge in [0.05, 0.1) is 28.6 Å². The van der Waals surface area contributed by atoms with Crippen molar-refractivity contribution in [2.24, 2.45) is 5.92 Å². The second kappa shape index (κ2) is 5.21. The fraction of sp³-hybridized carbons (Fsp3) is 0.300. The molecular formula is C10H9Cl2NO. The van der Waals surface area contributed by atoms with Crippen molar-refractivity contribution >= 4 is 23.2 Å². The van der Waals surface area contributed by atoms with Crippen LogP contribution in [0.5, 0.6) is 0 Å². The first-order valence-corrected chi connectivity index (χ1v) is 4.87. The summed E-state index contributed by atoms with van der Waals surface area (Å²) >= 11 is 11.5. The molecule has 74 valence electrons. The summed E-state index contributed by atoms with van der Waals surface area (Å²) in [6.45, 7) is -0.142. The molecule has 0 spiro atoms. The lowest BCUT2D eigenvalue weighted by Gasteiger charge is -2.06. The van der Waals surface area contributed by atoms with Gasteiger partial charge in [0.15, 0.2) is 0 Å². The second-order valence-electron chi connectivity index (χ2n) is 2.96. The highest BCUT2D eigenvalue weighted by Gasteiger charge is 2.08. The van der Waals surface area contributed by atoms with Crippen LogP contribution in [0.15, 0.2) is 18.2 Å². The number of rotatable bonds is 3. The lowest BCUT2D eigenvalue weighted by atomic mass is 10.0. The van der Waals surface area contributed by atoms with Gasteiger partial charge in [-0.2, -0.15) is 5.26 Å². The van der Waals surface area contributed by atoms with Crippen LogP contribution in [-0.2, 0) is 6.42 Å². The minimum absolute atomic E-state index is 0.142. The molecule has 0 saturated heterocycles. The molecule has 0 bridgehead atoms. The monoisotopic (exact) mass is 229 g/mol. The predicted molar refractivity (Wildman–Crippen MR) is 56.4 cm³/mol. The summed E-state index contributed by atoms with van der Waals surface area (Å²) in [6, 6.07) is 7.21. The minimum atomic E-state index is -0.382. The van der Waals surface area contributed by atoms with Crippen LogP contribution in [0.25, 0.3) is 0 Å². The zero-order valence-electron chi connectivity index (χ0n) is 7.37. The summed E-state index contributed by atoms with van der Waals surface area (Å²) in [7, 11) is 0. The van der Waals surface area contributed by atoms with Crippen molar-refractivity contribution in [1.82, 2.24) is 0 Å². The molecular weight excluding hydrogens is 221 g/mol. The summed E-state index contributed by atoms with van der Waals surface area (Å²) in [4.78, 5) is 0. The van der Waals surface area contributed by atoms with E-state index in [-0.39, 0.29) is 12.5 Å². The highest BCUT2D eigenvalue weighted by atomic mass is 35.5. The number of hydrogen-bond acceptors (Lipinski definition) is 2. The van der Waals surface area contributed by atoms with Crippen LogP contribution in [0.1, 0.15) is 5.56 Å². The third-order valence-electron chi connectivity index (χ3n) is 1.87. The molecule has 1 atom stereocenters. The van der Waals surface area contributed by atoms with E-state index in [1.165, 1.54) is 0 Å². The van der Waals surface area contributed by atoms with Crippen molar-refractivity contribution in [2.75, 3.05) is 6.61 Å². The Morgan fingerprint density at radius 3 is 2.57 bits per heavy atom. The normalized spacial score (nSPS) is 12.1. The van der Waals surface area contributed by atoms with E-state index >= 15 is 0 Å². The van der Waals surface area contributed by atoms with E-state index < -0.39 is 0 Å². The van der Waals surface area contributed by atoms with Gasteiger partial charge in [-0.15, -0.1) is 0 Å². The molecule has 0 aromatic heterocycles. The molecule has 0 unspecified atom stereocenters. The van der Waals surface area contributed by atoms with E-state index in [9.17, 15) is 0 Å². The fourth-order valence-corrected chi connectivity index (χ4v) is 1.42. The maximum atomic E-state index is 8.83. The summed E-state index contributed by atoms with van der Waals surface area (Å²) in [6.07, 6.45) is 0.490. The largest absolute Gasteiger partial charge is 0.395 e. The van der Waals surface area contributed by atoms with E-state index in [4.69, 9.17) is 33.6 Å². The Morgan fingerprint density at radius 1 is 1.36 bits per heavy atom. The average Bonchev–Trinajstić information content (AvgIpc) is 2.19. The molecule has 0 amide bonds. The molecule has 0 radical (unpaired) electrons. The first-order chi connectivity index (χ1) is 6.67. The molecule has 1 aromatic carbocycles. The van der Waals surface area contributed by atoms with Gasteiger partial charge in [-0.3, -0.25) is 0 Å². The number of benzene rings is 1. The van der Waals surface area contributed by atoms with Crippen LogP contribution in [0.2, 0.25) is 10.0 Å². The molecule has 1 rings (SSSR count). The molecule has 0 aliphatic heterocycles. The average molecular weight is 230 g/mol. The van der Waals surface area contributed by atoms with Crippen molar-refractivity contribution in [1.29, 1.82) is 5.26 Å². The van der Waals surface area contributed by atoms with Gasteiger partial charge in [0.2, 0.25) is 0 Å². The van der Waals surface area contributed by atoms with Gasteiger partial charge in [0, 0.05) is 0 Å². The van der Waals surface area contributed by atoms with Crippen LogP contribution in [-0.4, -0.2) is 11.7 Å². The summed E-state index contributed by atoms with van der Waals surface area (Å²) < 4.78 is 0. The topological polar surface area (TPSA) is 44.0 Å². The second-order valence-corrected chi connectivity index (χ2v) is 3.78. The van der Waals surface area contributed by atoms with E-state index in [1.807, 2.05) is 6.07 Å². The molecule has 0 heterocycles. The fourth-order valence-electron chi connectivity index (χ4n) is 1.10. The number of aliphatic hydroxyl groups is 1. The minimum Gasteiger partial charge on any atom is -0.395 e. The molecule has 1 N–H and O–H groups in total. The molecule has 0 aliphatic carbocycles. The van der Waals surface area contributed by atoms with E-state index in [0.717, 1.165) is 5.56 Å². The summed E-state index contributed by atoms with van der Waals surface area (Å²) in [5.74, 6) is -0.382. The van der Waals surface area contributed by atoms with E-state index in [1.54, 1.807) is 18.2 Å². The Morgan fingerprint density at radius 2 is 2.07 bits per heavy atom. The van der Waals surface area contributed by atoms with Crippen LogP contribution < -0.4 is 0 Å². The number of hydrogen-bond donors (Lipinski definition) is 1. The zero-order chi connectivity index (χ0) is 10.6. The summed E-state index contributed by atoms with van der Waals surface area (Å²) in [5, 5.41) is 18.4. The molecule has 14 heavy (non-hydrogen) atoms. The first kappa shape index (κ1) is 11.3.